The third-order valence-corrected chi connectivity index (χ3v) is 2.91. The summed E-state index contributed by atoms with van der Waals surface area (Å²) in [4.78, 5) is 14.9. The van der Waals surface area contributed by atoms with Crippen LogP contribution >= 0.6 is 0 Å². The Bertz CT molecular complexity index is 832. The lowest BCUT2D eigenvalue weighted by atomic mass is 10.3. The Morgan fingerprint density at radius 1 is 1.32 bits per heavy atom. The predicted octanol–water partition coefficient (Wildman–Crippen LogP) is 1.97. The van der Waals surface area contributed by atoms with E-state index in [1.54, 1.807) is 13.3 Å². The van der Waals surface area contributed by atoms with Gasteiger partial charge >= 0.3 is 6.09 Å². The molecule has 9 heteroatoms. The van der Waals surface area contributed by atoms with Gasteiger partial charge in [-0.25, -0.2) is 9.78 Å². The molecule has 22 heavy (non-hydrogen) atoms. The lowest BCUT2D eigenvalue weighted by Gasteiger charge is -2.10. The van der Waals surface area contributed by atoms with Gasteiger partial charge in [-0.15, -0.1) is 10.2 Å². The van der Waals surface area contributed by atoms with Crippen LogP contribution in [0.4, 0.5) is 22.2 Å². The molecule has 0 aliphatic rings. The quantitative estimate of drug-likeness (QED) is 0.675. The number of methoxy groups -OCH3 is 1. The fraction of sp³-hybridized carbons (Fsp3) is 0.0769. The van der Waals surface area contributed by atoms with Crippen molar-refractivity contribution < 1.29 is 14.6 Å². The van der Waals surface area contributed by atoms with E-state index in [-0.39, 0.29) is 5.95 Å². The molecular weight excluding hydrogens is 288 g/mol. The smallest absolute Gasteiger partial charge is 0.411 e. The highest BCUT2D eigenvalue weighted by atomic mass is 16.5. The highest BCUT2D eigenvalue weighted by Crippen LogP contribution is 2.27. The summed E-state index contributed by atoms with van der Waals surface area (Å²) in [6.45, 7) is 0. The molecule has 0 atom stereocenters. The molecular formula is C13H12N6O3. The van der Waals surface area contributed by atoms with Crippen molar-refractivity contribution in [3.8, 4) is 5.75 Å². The van der Waals surface area contributed by atoms with Crippen LogP contribution in [0.15, 0.2) is 36.7 Å². The number of para-hydroxylation sites is 2. The molecule has 0 fully saturated rings. The number of amides is 1. The molecule has 2 aromatic heterocycles. The van der Waals surface area contributed by atoms with Crippen LogP contribution in [0.5, 0.6) is 5.75 Å². The number of rotatable bonds is 4. The van der Waals surface area contributed by atoms with Crippen molar-refractivity contribution in [1.82, 2.24) is 19.6 Å². The van der Waals surface area contributed by atoms with Crippen molar-refractivity contribution in [2.75, 3.05) is 17.7 Å². The number of carbonyl (C=O) groups is 1. The van der Waals surface area contributed by atoms with Crippen molar-refractivity contribution in [3.63, 3.8) is 0 Å². The minimum Gasteiger partial charge on any atom is -0.495 e. The minimum atomic E-state index is -1.22. The zero-order chi connectivity index (χ0) is 15.5. The number of fused-ring (bicyclic) bond motifs is 1. The molecule has 0 aliphatic carbocycles. The van der Waals surface area contributed by atoms with Crippen LogP contribution in [0.25, 0.3) is 5.65 Å². The van der Waals surface area contributed by atoms with Gasteiger partial charge in [0.05, 0.1) is 12.8 Å². The summed E-state index contributed by atoms with van der Waals surface area (Å²) in [6, 6.07) is 7.34. The average molecular weight is 300 g/mol. The van der Waals surface area contributed by atoms with Gasteiger partial charge in [-0.1, -0.05) is 12.1 Å². The highest BCUT2D eigenvalue weighted by Gasteiger charge is 2.13. The zero-order valence-corrected chi connectivity index (χ0v) is 11.5. The van der Waals surface area contributed by atoms with E-state index in [9.17, 15) is 4.79 Å². The van der Waals surface area contributed by atoms with Crippen molar-refractivity contribution in [2.45, 2.75) is 0 Å². The van der Waals surface area contributed by atoms with Crippen LogP contribution in [0.3, 0.4) is 0 Å². The molecule has 0 saturated carbocycles. The van der Waals surface area contributed by atoms with Crippen molar-refractivity contribution >= 4 is 29.2 Å². The Kier molecular flexibility index (Phi) is 3.44. The fourth-order valence-corrected chi connectivity index (χ4v) is 1.97. The van der Waals surface area contributed by atoms with Crippen LogP contribution in [0, 0.1) is 0 Å². The highest BCUT2D eigenvalue weighted by molar-refractivity contribution is 5.82. The monoisotopic (exact) mass is 300 g/mol. The van der Waals surface area contributed by atoms with E-state index in [2.05, 4.69) is 25.8 Å². The van der Waals surface area contributed by atoms with Gasteiger partial charge in [0, 0.05) is 12.4 Å². The maximum atomic E-state index is 10.7. The lowest BCUT2D eigenvalue weighted by molar-refractivity contribution is 0.209. The van der Waals surface area contributed by atoms with E-state index < -0.39 is 6.09 Å². The lowest BCUT2D eigenvalue weighted by Crippen LogP contribution is -2.10. The third-order valence-electron chi connectivity index (χ3n) is 2.91. The van der Waals surface area contributed by atoms with E-state index in [0.29, 0.717) is 22.9 Å². The van der Waals surface area contributed by atoms with Gasteiger partial charge < -0.3 is 15.2 Å². The van der Waals surface area contributed by atoms with Gasteiger partial charge in [-0.2, -0.15) is 0 Å². The van der Waals surface area contributed by atoms with Gasteiger partial charge in [-0.3, -0.25) is 9.72 Å². The molecule has 0 saturated heterocycles. The predicted molar refractivity (Wildman–Crippen MR) is 78.7 cm³/mol. The molecule has 9 nitrogen and oxygen atoms in total. The Morgan fingerprint density at radius 3 is 2.91 bits per heavy atom. The van der Waals surface area contributed by atoms with Crippen LogP contribution in [-0.4, -0.2) is 37.9 Å². The van der Waals surface area contributed by atoms with Crippen LogP contribution in [0.1, 0.15) is 0 Å². The molecule has 0 bridgehead atoms. The molecule has 2 heterocycles. The SMILES string of the molecule is COc1ccccc1Nc1nccn2c(NC(=O)O)nnc12. The molecule has 1 amide bonds. The standard InChI is InChI=1S/C13H12N6O3/c1-22-9-5-3-2-4-8(9)15-10-11-17-18-12(16-13(20)21)19(11)7-6-14-10/h2-7H,1H3,(H,14,15)(H,16,18)(H,20,21). The fourth-order valence-electron chi connectivity index (χ4n) is 1.97. The first kappa shape index (κ1) is 13.6. The van der Waals surface area contributed by atoms with Gasteiger partial charge in [0.25, 0.3) is 0 Å². The summed E-state index contributed by atoms with van der Waals surface area (Å²) < 4.78 is 6.75. The zero-order valence-electron chi connectivity index (χ0n) is 11.5. The summed E-state index contributed by atoms with van der Waals surface area (Å²) in [5.41, 5.74) is 1.10. The van der Waals surface area contributed by atoms with E-state index in [4.69, 9.17) is 9.84 Å². The second-order valence-electron chi connectivity index (χ2n) is 4.25. The van der Waals surface area contributed by atoms with E-state index in [1.165, 1.54) is 10.6 Å². The third kappa shape index (κ3) is 2.46. The van der Waals surface area contributed by atoms with Crippen LogP contribution in [-0.2, 0) is 0 Å². The Balaban J connectivity index is 2.01. The summed E-state index contributed by atoms with van der Waals surface area (Å²) in [5, 5.41) is 21.8. The van der Waals surface area contributed by atoms with Gasteiger partial charge in [0.15, 0.2) is 5.82 Å². The molecule has 3 rings (SSSR count). The van der Waals surface area contributed by atoms with E-state index in [1.807, 2.05) is 24.3 Å². The summed E-state index contributed by atoms with van der Waals surface area (Å²) in [7, 11) is 1.57. The Labute approximate surface area is 124 Å². The minimum absolute atomic E-state index is 0.0907. The number of carboxylic acid groups (broad SMARTS) is 1. The van der Waals surface area contributed by atoms with Crippen molar-refractivity contribution in [1.29, 1.82) is 0 Å². The number of hydrogen-bond donors (Lipinski definition) is 3. The summed E-state index contributed by atoms with van der Waals surface area (Å²) in [6.07, 6.45) is 1.86. The van der Waals surface area contributed by atoms with Gasteiger partial charge in [0.1, 0.15) is 5.75 Å². The number of anilines is 3. The molecule has 0 spiro atoms. The average Bonchev–Trinajstić information content (AvgIpc) is 2.91. The molecule has 0 radical (unpaired) electrons. The maximum absolute atomic E-state index is 10.7. The Hall–Kier alpha value is -3.36. The molecule has 3 N–H and O–H groups in total. The number of benzene rings is 1. The van der Waals surface area contributed by atoms with Crippen LogP contribution in [0.2, 0.25) is 0 Å². The largest absolute Gasteiger partial charge is 0.495 e. The van der Waals surface area contributed by atoms with Gasteiger partial charge in [0.2, 0.25) is 11.6 Å². The van der Waals surface area contributed by atoms with Gasteiger partial charge in [-0.05, 0) is 12.1 Å². The number of aromatic nitrogens is 4. The topological polar surface area (TPSA) is 114 Å². The molecule has 0 aliphatic heterocycles. The number of nitrogens with zero attached hydrogens (tertiary/aromatic N) is 4. The number of nitrogens with one attached hydrogen (secondary N) is 2. The van der Waals surface area contributed by atoms with Crippen LogP contribution < -0.4 is 15.4 Å². The summed E-state index contributed by atoms with van der Waals surface area (Å²) >= 11 is 0. The Morgan fingerprint density at radius 2 is 2.14 bits per heavy atom. The molecule has 3 aromatic rings. The first-order chi connectivity index (χ1) is 10.7. The number of hydrogen-bond acceptors (Lipinski definition) is 6. The molecule has 1 aromatic carbocycles. The summed E-state index contributed by atoms with van der Waals surface area (Å²) in [5.74, 6) is 1.17. The van der Waals surface area contributed by atoms with Crippen molar-refractivity contribution in [2.24, 2.45) is 0 Å². The van der Waals surface area contributed by atoms with Crippen molar-refractivity contribution in [3.05, 3.63) is 36.7 Å². The first-order valence-electron chi connectivity index (χ1n) is 6.29. The normalized spacial score (nSPS) is 10.4. The second-order valence-corrected chi connectivity index (χ2v) is 4.25. The molecule has 0 unspecified atom stereocenters. The first-order valence-corrected chi connectivity index (χ1v) is 6.29. The number of ether oxygens (including phenoxy) is 1. The van der Waals surface area contributed by atoms with E-state index >= 15 is 0 Å². The molecule has 112 valence electrons. The maximum Gasteiger partial charge on any atom is 0.411 e. The second kappa shape index (κ2) is 5.56. The van der Waals surface area contributed by atoms with E-state index in [0.717, 1.165) is 0 Å².